The number of carbonyl (C=O) groups is 1. The number of rotatable bonds is 3. The van der Waals surface area contributed by atoms with Crippen molar-refractivity contribution in [1.29, 1.82) is 0 Å². The number of piperidine rings is 1. The lowest BCUT2D eigenvalue weighted by Crippen LogP contribution is -2.45. The first kappa shape index (κ1) is 18.3. The smallest absolute Gasteiger partial charge is 0.227 e. The molecular weight excluding hydrogens is 318 g/mol. The zero-order valence-corrected chi connectivity index (χ0v) is 16.0. The highest BCUT2D eigenvalue weighted by Gasteiger charge is 2.33. The molecule has 1 aromatic rings. The number of hydrogen-bond donors (Lipinski definition) is 0. The van der Waals surface area contributed by atoms with Crippen LogP contribution in [0.4, 0.5) is 0 Å². The minimum Gasteiger partial charge on any atom is -0.379 e. The van der Waals surface area contributed by atoms with Gasteiger partial charge >= 0.3 is 0 Å². The van der Waals surface area contributed by atoms with Gasteiger partial charge < -0.3 is 14.2 Å². The van der Waals surface area contributed by atoms with Crippen LogP contribution in [0.2, 0.25) is 0 Å². The molecule has 3 heterocycles. The van der Waals surface area contributed by atoms with E-state index in [2.05, 4.69) is 26.7 Å². The van der Waals surface area contributed by atoms with Gasteiger partial charge in [-0.25, -0.2) is 0 Å². The molecule has 0 saturated carbocycles. The maximum Gasteiger partial charge on any atom is 0.227 e. The fourth-order valence-corrected chi connectivity index (χ4v) is 3.67. The van der Waals surface area contributed by atoms with Crippen LogP contribution in [0.5, 0.6) is 0 Å². The fourth-order valence-electron chi connectivity index (χ4n) is 3.67. The van der Waals surface area contributed by atoms with Crippen LogP contribution >= 0.6 is 0 Å². The quantitative estimate of drug-likeness (QED) is 0.825. The molecular formula is C18H31N5O2. The molecule has 0 spiro atoms. The van der Waals surface area contributed by atoms with Gasteiger partial charge in [-0.1, -0.05) is 20.8 Å². The summed E-state index contributed by atoms with van der Waals surface area (Å²) in [5.41, 5.74) is -0.330. The molecule has 7 heteroatoms. The first-order valence-corrected chi connectivity index (χ1v) is 9.34. The number of ether oxygens (including phenoxy) is 1. The molecule has 2 fully saturated rings. The van der Waals surface area contributed by atoms with Crippen LogP contribution in [-0.2, 0) is 23.1 Å². The lowest BCUT2D eigenvalue weighted by Gasteiger charge is -2.36. The third-order valence-electron chi connectivity index (χ3n) is 5.18. The molecule has 25 heavy (non-hydrogen) atoms. The molecule has 0 N–H and O–H groups in total. The predicted molar refractivity (Wildman–Crippen MR) is 95.1 cm³/mol. The van der Waals surface area contributed by atoms with E-state index in [1.54, 1.807) is 0 Å². The van der Waals surface area contributed by atoms with E-state index in [0.717, 1.165) is 70.4 Å². The minimum absolute atomic E-state index is 0.230. The monoisotopic (exact) mass is 349 g/mol. The Morgan fingerprint density at radius 3 is 2.60 bits per heavy atom. The van der Waals surface area contributed by atoms with Crippen molar-refractivity contribution in [2.75, 3.05) is 39.4 Å². The van der Waals surface area contributed by atoms with Gasteiger partial charge in [-0.15, -0.1) is 10.2 Å². The number of amides is 1. The maximum absolute atomic E-state index is 12.6. The van der Waals surface area contributed by atoms with Gasteiger partial charge in [0, 0.05) is 44.6 Å². The summed E-state index contributed by atoms with van der Waals surface area (Å²) in [4.78, 5) is 17.0. The first-order chi connectivity index (χ1) is 11.9. The second-order valence-electron chi connectivity index (χ2n) is 8.26. The van der Waals surface area contributed by atoms with Crippen molar-refractivity contribution >= 4 is 5.91 Å². The molecule has 2 aliphatic heterocycles. The van der Waals surface area contributed by atoms with Gasteiger partial charge in [-0.2, -0.15) is 0 Å². The Hall–Kier alpha value is -1.47. The van der Waals surface area contributed by atoms with Crippen LogP contribution in [-0.4, -0.2) is 69.9 Å². The van der Waals surface area contributed by atoms with Crippen LogP contribution in [0.3, 0.4) is 0 Å². The number of hydrogen-bond acceptors (Lipinski definition) is 5. The summed E-state index contributed by atoms with van der Waals surface area (Å²) in [6.45, 7) is 11.8. The van der Waals surface area contributed by atoms with Gasteiger partial charge in [0.2, 0.25) is 5.91 Å². The lowest BCUT2D eigenvalue weighted by molar-refractivity contribution is -0.140. The summed E-state index contributed by atoms with van der Waals surface area (Å²) >= 11 is 0. The van der Waals surface area contributed by atoms with E-state index in [1.165, 1.54) is 0 Å². The normalized spacial score (nSPS) is 23.0. The SMILES string of the molecule is Cn1c(CN2CCOCC2)nnc1[C@H]1CCCN(C(=O)C(C)(C)C)C1. The molecule has 1 amide bonds. The zero-order chi connectivity index (χ0) is 18.0. The van der Waals surface area contributed by atoms with Gasteiger partial charge in [0.25, 0.3) is 0 Å². The number of likely N-dealkylation sites (tertiary alicyclic amines) is 1. The Kier molecular flexibility index (Phi) is 5.43. The average Bonchev–Trinajstić information content (AvgIpc) is 2.95. The first-order valence-electron chi connectivity index (χ1n) is 9.34. The predicted octanol–water partition coefficient (Wildman–Crippen LogP) is 1.40. The van der Waals surface area contributed by atoms with E-state index < -0.39 is 0 Å². The number of carbonyl (C=O) groups excluding carboxylic acids is 1. The van der Waals surface area contributed by atoms with Gasteiger partial charge in [-0.05, 0) is 12.8 Å². The Balaban J connectivity index is 1.68. The molecule has 0 radical (unpaired) electrons. The Morgan fingerprint density at radius 2 is 1.92 bits per heavy atom. The van der Waals surface area contributed by atoms with Crippen molar-refractivity contribution in [2.24, 2.45) is 12.5 Å². The van der Waals surface area contributed by atoms with Crippen molar-refractivity contribution in [3.8, 4) is 0 Å². The van der Waals surface area contributed by atoms with E-state index in [4.69, 9.17) is 4.74 Å². The summed E-state index contributed by atoms with van der Waals surface area (Å²) < 4.78 is 7.54. The molecule has 3 rings (SSSR count). The standard InChI is InChI=1S/C18H31N5O2/c1-18(2,3)17(24)23-7-5-6-14(12-23)16-20-19-15(21(16)4)13-22-8-10-25-11-9-22/h14H,5-13H2,1-4H3/t14-/m0/s1. The van der Waals surface area contributed by atoms with Crippen molar-refractivity contribution in [2.45, 2.75) is 46.1 Å². The van der Waals surface area contributed by atoms with Gasteiger partial charge in [0.05, 0.1) is 19.8 Å². The van der Waals surface area contributed by atoms with Crippen LogP contribution in [0.15, 0.2) is 0 Å². The third kappa shape index (κ3) is 4.20. The van der Waals surface area contributed by atoms with E-state index in [9.17, 15) is 4.79 Å². The Labute approximate surface area is 150 Å². The lowest BCUT2D eigenvalue weighted by atomic mass is 9.91. The molecule has 2 saturated heterocycles. The highest BCUT2D eigenvalue weighted by molar-refractivity contribution is 5.81. The molecule has 1 aromatic heterocycles. The minimum atomic E-state index is -0.330. The fraction of sp³-hybridized carbons (Fsp3) is 0.833. The van der Waals surface area contributed by atoms with Crippen LogP contribution < -0.4 is 0 Å². The van der Waals surface area contributed by atoms with E-state index >= 15 is 0 Å². The van der Waals surface area contributed by atoms with Gasteiger partial charge in [0.1, 0.15) is 11.6 Å². The van der Waals surface area contributed by atoms with Crippen LogP contribution in [0, 0.1) is 5.41 Å². The maximum atomic E-state index is 12.6. The molecule has 0 aliphatic carbocycles. The van der Waals surface area contributed by atoms with E-state index in [0.29, 0.717) is 0 Å². The summed E-state index contributed by atoms with van der Waals surface area (Å²) in [7, 11) is 2.05. The third-order valence-corrected chi connectivity index (χ3v) is 5.18. The van der Waals surface area contributed by atoms with Gasteiger partial charge in [-0.3, -0.25) is 9.69 Å². The zero-order valence-electron chi connectivity index (χ0n) is 16.0. The molecule has 0 unspecified atom stereocenters. The summed E-state index contributed by atoms with van der Waals surface area (Å²) in [5.74, 6) is 2.51. The molecule has 2 aliphatic rings. The van der Waals surface area contributed by atoms with Crippen molar-refractivity contribution in [1.82, 2.24) is 24.6 Å². The molecule has 1 atom stereocenters. The molecule has 0 aromatic carbocycles. The topological polar surface area (TPSA) is 63.5 Å². The second kappa shape index (κ2) is 7.41. The highest BCUT2D eigenvalue weighted by atomic mass is 16.5. The van der Waals surface area contributed by atoms with Gasteiger partial charge in [0.15, 0.2) is 0 Å². The van der Waals surface area contributed by atoms with Crippen molar-refractivity contribution in [3.05, 3.63) is 11.6 Å². The Morgan fingerprint density at radius 1 is 1.20 bits per heavy atom. The summed E-state index contributed by atoms with van der Waals surface area (Å²) in [6, 6.07) is 0. The van der Waals surface area contributed by atoms with E-state index in [-0.39, 0.29) is 17.2 Å². The molecule has 140 valence electrons. The summed E-state index contributed by atoms with van der Waals surface area (Å²) in [6.07, 6.45) is 2.09. The Bertz CT molecular complexity index is 601. The number of morpholine rings is 1. The summed E-state index contributed by atoms with van der Waals surface area (Å²) in [5, 5.41) is 8.91. The van der Waals surface area contributed by atoms with Crippen molar-refractivity contribution < 1.29 is 9.53 Å². The molecule has 7 nitrogen and oxygen atoms in total. The highest BCUT2D eigenvalue weighted by Crippen LogP contribution is 2.29. The number of nitrogens with zero attached hydrogens (tertiary/aromatic N) is 5. The average molecular weight is 349 g/mol. The van der Waals surface area contributed by atoms with Crippen molar-refractivity contribution in [3.63, 3.8) is 0 Å². The van der Waals surface area contributed by atoms with Crippen LogP contribution in [0.1, 0.15) is 51.2 Å². The van der Waals surface area contributed by atoms with E-state index in [1.807, 2.05) is 25.7 Å². The molecule has 0 bridgehead atoms. The van der Waals surface area contributed by atoms with Crippen LogP contribution in [0.25, 0.3) is 0 Å². The largest absolute Gasteiger partial charge is 0.379 e. The number of aromatic nitrogens is 3. The second-order valence-corrected chi connectivity index (χ2v) is 8.26.